The lowest BCUT2D eigenvalue weighted by Crippen LogP contribution is -2.50. The lowest BCUT2D eigenvalue weighted by Gasteiger charge is -2.28. The average Bonchev–Trinajstić information content (AvgIpc) is 2.78. The molecular formula is C14H18N2O3. The molecule has 1 aromatic carbocycles. The first-order valence-corrected chi connectivity index (χ1v) is 6.33. The summed E-state index contributed by atoms with van der Waals surface area (Å²) in [5, 5.41) is 8.96. The topological polar surface area (TPSA) is 83.6 Å². The molecule has 1 amide bonds. The maximum absolute atomic E-state index is 12.1. The first kappa shape index (κ1) is 13.5. The second-order valence-corrected chi connectivity index (χ2v) is 4.98. The molecule has 1 atom stereocenters. The number of fused-ring (bicyclic) bond motifs is 1. The Morgan fingerprint density at radius 3 is 2.32 bits per heavy atom. The summed E-state index contributed by atoms with van der Waals surface area (Å²) in [5.41, 5.74) is 7.96. The minimum atomic E-state index is -1.01. The van der Waals surface area contributed by atoms with Crippen molar-refractivity contribution in [2.45, 2.75) is 31.8 Å². The van der Waals surface area contributed by atoms with E-state index in [4.69, 9.17) is 10.8 Å². The fraction of sp³-hybridized carbons (Fsp3) is 0.429. The third-order valence-corrected chi connectivity index (χ3v) is 3.45. The maximum Gasteiger partial charge on any atom is 0.323 e. The molecule has 0 radical (unpaired) electrons. The van der Waals surface area contributed by atoms with Gasteiger partial charge in [-0.3, -0.25) is 9.59 Å². The molecule has 0 saturated heterocycles. The van der Waals surface area contributed by atoms with Gasteiger partial charge in [0.2, 0.25) is 5.91 Å². The zero-order valence-electron chi connectivity index (χ0n) is 10.9. The van der Waals surface area contributed by atoms with E-state index in [2.05, 4.69) is 0 Å². The SMILES string of the molecule is CC(N)C(=O)N(CC(=O)O)C1Cc2ccccc2C1. The number of nitrogens with two attached hydrogens (primary N) is 1. The molecule has 2 rings (SSSR count). The van der Waals surface area contributed by atoms with Gasteiger partial charge >= 0.3 is 5.97 Å². The highest BCUT2D eigenvalue weighted by Gasteiger charge is 2.32. The summed E-state index contributed by atoms with van der Waals surface area (Å²) in [6.45, 7) is 1.29. The number of carboxylic acid groups (broad SMARTS) is 1. The van der Waals surface area contributed by atoms with Gasteiger partial charge in [-0.15, -0.1) is 0 Å². The molecule has 1 aliphatic carbocycles. The van der Waals surface area contributed by atoms with Gasteiger partial charge in [0.15, 0.2) is 0 Å². The summed E-state index contributed by atoms with van der Waals surface area (Å²) in [6, 6.07) is 7.16. The Labute approximate surface area is 112 Å². The Bertz CT molecular complexity index is 474. The van der Waals surface area contributed by atoms with Crippen LogP contribution in [0.1, 0.15) is 18.1 Å². The third kappa shape index (κ3) is 2.93. The first-order valence-electron chi connectivity index (χ1n) is 6.33. The smallest absolute Gasteiger partial charge is 0.323 e. The summed E-state index contributed by atoms with van der Waals surface area (Å²) in [4.78, 5) is 24.4. The van der Waals surface area contributed by atoms with Crippen molar-refractivity contribution in [2.75, 3.05) is 6.54 Å². The van der Waals surface area contributed by atoms with E-state index in [1.807, 2.05) is 24.3 Å². The third-order valence-electron chi connectivity index (χ3n) is 3.45. The number of benzene rings is 1. The predicted octanol–water partition coefficient (Wildman–Crippen LogP) is 0.414. The molecule has 1 aliphatic rings. The van der Waals surface area contributed by atoms with Crippen LogP contribution in [0, 0.1) is 0 Å². The van der Waals surface area contributed by atoms with Gasteiger partial charge in [0.1, 0.15) is 6.54 Å². The van der Waals surface area contributed by atoms with Gasteiger partial charge < -0.3 is 15.7 Å². The minimum absolute atomic E-state index is 0.105. The highest BCUT2D eigenvalue weighted by Crippen LogP contribution is 2.25. The molecule has 3 N–H and O–H groups in total. The fourth-order valence-corrected chi connectivity index (χ4v) is 2.55. The Morgan fingerprint density at radius 1 is 1.37 bits per heavy atom. The van der Waals surface area contributed by atoms with Crippen LogP contribution >= 0.6 is 0 Å². The number of aliphatic carboxylic acids is 1. The molecule has 0 bridgehead atoms. The van der Waals surface area contributed by atoms with E-state index in [-0.39, 0.29) is 18.5 Å². The van der Waals surface area contributed by atoms with Crippen molar-refractivity contribution in [1.29, 1.82) is 0 Å². The van der Waals surface area contributed by atoms with E-state index < -0.39 is 12.0 Å². The second-order valence-electron chi connectivity index (χ2n) is 4.98. The number of carbonyl (C=O) groups is 2. The van der Waals surface area contributed by atoms with Gasteiger partial charge in [-0.2, -0.15) is 0 Å². The summed E-state index contributed by atoms with van der Waals surface area (Å²) in [5.74, 6) is -1.31. The molecule has 5 heteroatoms. The van der Waals surface area contributed by atoms with E-state index in [0.29, 0.717) is 12.8 Å². The van der Waals surface area contributed by atoms with Crippen LogP contribution in [0.3, 0.4) is 0 Å². The molecule has 0 spiro atoms. The van der Waals surface area contributed by atoms with Crippen molar-refractivity contribution in [3.8, 4) is 0 Å². The van der Waals surface area contributed by atoms with Crippen LogP contribution in [0.2, 0.25) is 0 Å². The van der Waals surface area contributed by atoms with Crippen molar-refractivity contribution >= 4 is 11.9 Å². The number of carboxylic acids is 1. The van der Waals surface area contributed by atoms with E-state index >= 15 is 0 Å². The van der Waals surface area contributed by atoms with Crippen molar-refractivity contribution in [3.05, 3.63) is 35.4 Å². The standard InChI is InChI=1S/C14H18N2O3/c1-9(15)14(19)16(8-13(17)18)12-6-10-4-2-3-5-11(10)7-12/h2-5,9,12H,6-8,15H2,1H3,(H,17,18). The molecule has 1 aromatic rings. The van der Waals surface area contributed by atoms with Crippen molar-refractivity contribution in [3.63, 3.8) is 0 Å². The predicted molar refractivity (Wildman–Crippen MR) is 70.6 cm³/mol. The van der Waals surface area contributed by atoms with Crippen LogP contribution in [-0.2, 0) is 22.4 Å². The molecule has 0 aliphatic heterocycles. The van der Waals surface area contributed by atoms with Crippen LogP contribution < -0.4 is 5.73 Å². The largest absolute Gasteiger partial charge is 0.480 e. The summed E-state index contributed by atoms with van der Waals surface area (Å²) in [7, 11) is 0. The molecule has 5 nitrogen and oxygen atoms in total. The molecule has 102 valence electrons. The molecule has 0 saturated carbocycles. The number of nitrogens with zero attached hydrogens (tertiary/aromatic N) is 1. The first-order chi connectivity index (χ1) is 8.99. The number of carbonyl (C=O) groups excluding carboxylic acids is 1. The van der Waals surface area contributed by atoms with Crippen molar-refractivity contribution in [1.82, 2.24) is 4.90 Å². The second kappa shape index (κ2) is 5.40. The van der Waals surface area contributed by atoms with Crippen LogP contribution in [0.15, 0.2) is 24.3 Å². The highest BCUT2D eigenvalue weighted by atomic mass is 16.4. The fourth-order valence-electron chi connectivity index (χ4n) is 2.55. The number of rotatable bonds is 4. The van der Waals surface area contributed by atoms with Crippen LogP contribution in [0.5, 0.6) is 0 Å². The molecule has 0 fully saturated rings. The molecular weight excluding hydrogens is 244 g/mol. The summed E-state index contributed by atoms with van der Waals surface area (Å²) >= 11 is 0. The van der Waals surface area contributed by atoms with E-state index in [0.717, 1.165) is 0 Å². The number of hydrogen-bond acceptors (Lipinski definition) is 3. The zero-order chi connectivity index (χ0) is 14.0. The Kier molecular flexibility index (Phi) is 3.85. The van der Waals surface area contributed by atoms with E-state index in [9.17, 15) is 9.59 Å². The van der Waals surface area contributed by atoms with Gasteiger partial charge in [0.25, 0.3) is 0 Å². The number of amides is 1. The molecule has 19 heavy (non-hydrogen) atoms. The number of hydrogen-bond donors (Lipinski definition) is 2. The maximum atomic E-state index is 12.1. The van der Waals surface area contributed by atoms with Crippen LogP contribution in [0.4, 0.5) is 0 Å². The zero-order valence-corrected chi connectivity index (χ0v) is 10.9. The summed E-state index contributed by atoms with van der Waals surface area (Å²) < 4.78 is 0. The Balaban J connectivity index is 2.17. The van der Waals surface area contributed by atoms with E-state index in [1.54, 1.807) is 6.92 Å². The lowest BCUT2D eigenvalue weighted by atomic mass is 10.1. The molecule has 1 unspecified atom stereocenters. The quantitative estimate of drug-likeness (QED) is 0.823. The van der Waals surface area contributed by atoms with Gasteiger partial charge in [-0.05, 0) is 30.9 Å². The minimum Gasteiger partial charge on any atom is -0.480 e. The molecule has 0 aromatic heterocycles. The average molecular weight is 262 g/mol. The van der Waals surface area contributed by atoms with Crippen LogP contribution in [0.25, 0.3) is 0 Å². The highest BCUT2D eigenvalue weighted by molar-refractivity contribution is 5.85. The lowest BCUT2D eigenvalue weighted by molar-refractivity contribution is -0.146. The van der Waals surface area contributed by atoms with Crippen LogP contribution in [-0.4, -0.2) is 40.5 Å². The Hall–Kier alpha value is -1.88. The normalized spacial score (nSPS) is 15.9. The monoisotopic (exact) mass is 262 g/mol. The van der Waals surface area contributed by atoms with Gasteiger partial charge in [0, 0.05) is 6.04 Å². The van der Waals surface area contributed by atoms with Crippen molar-refractivity contribution in [2.24, 2.45) is 5.73 Å². The Morgan fingerprint density at radius 2 is 1.89 bits per heavy atom. The van der Waals surface area contributed by atoms with Gasteiger partial charge in [0.05, 0.1) is 6.04 Å². The summed E-state index contributed by atoms with van der Waals surface area (Å²) in [6.07, 6.45) is 1.39. The van der Waals surface area contributed by atoms with E-state index in [1.165, 1.54) is 16.0 Å². The van der Waals surface area contributed by atoms with Crippen molar-refractivity contribution < 1.29 is 14.7 Å². The van der Waals surface area contributed by atoms with Gasteiger partial charge in [-0.1, -0.05) is 24.3 Å². The van der Waals surface area contributed by atoms with Gasteiger partial charge in [-0.25, -0.2) is 0 Å². The molecule has 0 heterocycles.